The first kappa shape index (κ1) is 23.1. The van der Waals surface area contributed by atoms with Crippen molar-refractivity contribution in [2.24, 2.45) is 10.8 Å². The Bertz CT molecular complexity index is 831. The van der Waals surface area contributed by atoms with Gasteiger partial charge in [0.2, 0.25) is 0 Å². The molecule has 2 amide bonds. The Morgan fingerprint density at radius 2 is 1.81 bits per heavy atom. The fourth-order valence-electron chi connectivity index (χ4n) is 5.19. The lowest BCUT2D eigenvalue weighted by Gasteiger charge is -2.44. The van der Waals surface area contributed by atoms with Gasteiger partial charge < -0.3 is 19.9 Å². The lowest BCUT2D eigenvalue weighted by molar-refractivity contribution is 0.00378. The van der Waals surface area contributed by atoms with Crippen LogP contribution in [-0.4, -0.2) is 77.0 Å². The summed E-state index contributed by atoms with van der Waals surface area (Å²) in [6.07, 6.45) is 9.70. The summed E-state index contributed by atoms with van der Waals surface area (Å²) in [5.74, 6) is 0.0326. The summed E-state index contributed by atoms with van der Waals surface area (Å²) >= 11 is 0. The Morgan fingerprint density at radius 1 is 1.09 bits per heavy atom. The first-order valence-corrected chi connectivity index (χ1v) is 12.1. The molecule has 1 saturated heterocycles. The van der Waals surface area contributed by atoms with Crippen molar-refractivity contribution in [1.82, 2.24) is 24.9 Å². The fourth-order valence-corrected chi connectivity index (χ4v) is 5.19. The zero-order valence-electron chi connectivity index (χ0n) is 20.2. The van der Waals surface area contributed by atoms with Gasteiger partial charge in [-0.25, -0.2) is 4.79 Å². The van der Waals surface area contributed by atoms with Crippen molar-refractivity contribution < 1.29 is 14.3 Å². The third-order valence-corrected chi connectivity index (χ3v) is 7.29. The molecule has 3 aliphatic rings. The van der Waals surface area contributed by atoms with Crippen LogP contribution in [-0.2, 0) is 11.3 Å². The molecule has 0 atom stereocenters. The number of aromatic nitrogens is 2. The number of carbonyl (C=O) groups is 2. The molecule has 2 aliphatic heterocycles. The highest BCUT2D eigenvalue weighted by Crippen LogP contribution is 2.46. The van der Waals surface area contributed by atoms with E-state index < -0.39 is 5.60 Å². The highest BCUT2D eigenvalue weighted by atomic mass is 16.6. The van der Waals surface area contributed by atoms with Crippen LogP contribution in [0.15, 0.2) is 12.4 Å². The molecule has 2 spiro atoms. The number of fused-ring (bicyclic) bond motifs is 2. The van der Waals surface area contributed by atoms with Crippen LogP contribution in [0.5, 0.6) is 0 Å². The summed E-state index contributed by atoms with van der Waals surface area (Å²) in [6, 6.07) is 0. The molecule has 0 aromatic carbocycles. The summed E-state index contributed by atoms with van der Waals surface area (Å²) in [4.78, 5) is 29.4. The number of ether oxygens (including phenoxy) is 1. The maximum atomic E-state index is 13.1. The molecule has 0 unspecified atom stereocenters. The second-order valence-electron chi connectivity index (χ2n) is 11.3. The molecule has 4 rings (SSSR count). The van der Waals surface area contributed by atoms with Crippen LogP contribution in [0, 0.1) is 10.8 Å². The van der Waals surface area contributed by atoms with E-state index in [1.807, 2.05) is 48.5 Å². The van der Waals surface area contributed by atoms with Crippen molar-refractivity contribution in [2.75, 3.05) is 39.8 Å². The van der Waals surface area contributed by atoms with Gasteiger partial charge in [-0.2, -0.15) is 5.10 Å². The van der Waals surface area contributed by atoms with Gasteiger partial charge in [-0.15, -0.1) is 0 Å². The molecule has 3 heterocycles. The van der Waals surface area contributed by atoms with Crippen LogP contribution in [0.4, 0.5) is 4.79 Å². The largest absolute Gasteiger partial charge is 0.444 e. The number of likely N-dealkylation sites (tertiary alicyclic amines) is 1. The van der Waals surface area contributed by atoms with E-state index in [9.17, 15) is 9.59 Å². The van der Waals surface area contributed by atoms with Crippen molar-refractivity contribution in [2.45, 2.75) is 71.4 Å². The standard InChI is InChI=1S/C24H39N5O3/c1-22(2,3)32-21(31)28-12-9-23(10-13-28)6-5-11-25-16-24(7-8-24)18-29-15-19(14-26-29)20(30)27(4)17-23/h14-15,25H,5-13,16-18H2,1-4H3. The summed E-state index contributed by atoms with van der Waals surface area (Å²) < 4.78 is 7.51. The zero-order valence-corrected chi connectivity index (χ0v) is 20.2. The predicted octanol–water partition coefficient (Wildman–Crippen LogP) is 3.14. The van der Waals surface area contributed by atoms with Crippen molar-refractivity contribution in [3.63, 3.8) is 0 Å². The number of piperidine rings is 1. The maximum absolute atomic E-state index is 13.1. The minimum absolute atomic E-state index is 0.0159. The highest BCUT2D eigenvalue weighted by Gasteiger charge is 2.43. The van der Waals surface area contributed by atoms with Gasteiger partial charge in [-0.05, 0) is 71.3 Å². The van der Waals surface area contributed by atoms with Crippen molar-refractivity contribution in [3.8, 4) is 0 Å². The van der Waals surface area contributed by atoms with Crippen molar-refractivity contribution in [3.05, 3.63) is 18.0 Å². The topological polar surface area (TPSA) is 79.7 Å². The summed E-state index contributed by atoms with van der Waals surface area (Å²) in [5.41, 5.74) is 0.480. The monoisotopic (exact) mass is 445 g/mol. The average Bonchev–Trinajstić information content (AvgIpc) is 3.31. The van der Waals surface area contributed by atoms with Gasteiger partial charge in [-0.1, -0.05) is 0 Å². The van der Waals surface area contributed by atoms with E-state index in [1.54, 1.807) is 6.20 Å². The van der Waals surface area contributed by atoms with Crippen LogP contribution >= 0.6 is 0 Å². The second kappa shape index (κ2) is 8.69. The van der Waals surface area contributed by atoms with E-state index in [1.165, 1.54) is 12.8 Å². The van der Waals surface area contributed by atoms with Crippen LogP contribution in [0.2, 0.25) is 0 Å². The lowest BCUT2D eigenvalue weighted by atomic mass is 9.74. The minimum Gasteiger partial charge on any atom is -0.444 e. The molecule has 1 aliphatic carbocycles. The smallest absolute Gasteiger partial charge is 0.410 e. The van der Waals surface area contributed by atoms with Gasteiger partial charge >= 0.3 is 6.09 Å². The summed E-state index contributed by atoms with van der Waals surface area (Å²) in [6.45, 7) is 10.6. The molecule has 2 bridgehead atoms. The van der Waals surface area contributed by atoms with Crippen LogP contribution in [0.1, 0.15) is 69.7 Å². The molecule has 178 valence electrons. The van der Waals surface area contributed by atoms with Crippen LogP contribution in [0.25, 0.3) is 0 Å². The third kappa shape index (κ3) is 5.45. The first-order valence-electron chi connectivity index (χ1n) is 12.1. The Labute approximate surface area is 191 Å². The Morgan fingerprint density at radius 3 is 2.47 bits per heavy atom. The predicted molar refractivity (Wildman–Crippen MR) is 122 cm³/mol. The number of nitrogens with one attached hydrogen (secondary N) is 1. The third-order valence-electron chi connectivity index (χ3n) is 7.29. The molecule has 0 radical (unpaired) electrons. The van der Waals surface area contributed by atoms with Gasteiger partial charge in [0.25, 0.3) is 5.91 Å². The number of nitrogens with zero attached hydrogens (tertiary/aromatic N) is 4. The van der Waals surface area contributed by atoms with Crippen molar-refractivity contribution >= 4 is 12.0 Å². The van der Waals surface area contributed by atoms with Gasteiger partial charge in [0, 0.05) is 51.4 Å². The lowest BCUT2D eigenvalue weighted by Crippen LogP contribution is -2.49. The molecule has 8 nitrogen and oxygen atoms in total. The number of carbonyl (C=O) groups excluding carboxylic acids is 2. The number of rotatable bonds is 0. The van der Waals surface area contributed by atoms with E-state index in [0.717, 1.165) is 45.3 Å². The Kier molecular flexibility index (Phi) is 6.27. The first-order chi connectivity index (χ1) is 15.1. The quantitative estimate of drug-likeness (QED) is 0.664. The van der Waals surface area contributed by atoms with Crippen LogP contribution < -0.4 is 5.32 Å². The summed E-state index contributed by atoms with van der Waals surface area (Å²) in [7, 11) is 1.90. The molecule has 1 aromatic rings. The molecule has 1 aromatic heterocycles. The Hall–Kier alpha value is -2.09. The van der Waals surface area contributed by atoms with E-state index in [4.69, 9.17) is 4.74 Å². The van der Waals surface area contributed by atoms with E-state index >= 15 is 0 Å². The van der Waals surface area contributed by atoms with Gasteiger partial charge in [0.1, 0.15) is 5.60 Å². The molecular formula is C24H39N5O3. The fraction of sp³-hybridized carbons (Fsp3) is 0.792. The van der Waals surface area contributed by atoms with Gasteiger partial charge in [-0.3, -0.25) is 9.48 Å². The highest BCUT2D eigenvalue weighted by molar-refractivity contribution is 5.93. The second-order valence-corrected chi connectivity index (χ2v) is 11.3. The zero-order chi connectivity index (χ0) is 23.0. The van der Waals surface area contributed by atoms with Gasteiger partial charge in [0.15, 0.2) is 0 Å². The number of amides is 2. The van der Waals surface area contributed by atoms with Crippen LogP contribution in [0.3, 0.4) is 0 Å². The summed E-state index contributed by atoms with van der Waals surface area (Å²) in [5, 5.41) is 8.16. The minimum atomic E-state index is -0.488. The SMILES string of the molecule is CN1CC2(CCCNCC3(CC3)Cn3cc(cn3)C1=O)CCN(C(=O)OC(C)(C)C)CC2. The average molecular weight is 446 g/mol. The normalized spacial score (nSPS) is 23.8. The van der Waals surface area contributed by atoms with E-state index in [2.05, 4.69) is 10.4 Å². The van der Waals surface area contributed by atoms with E-state index in [0.29, 0.717) is 30.6 Å². The maximum Gasteiger partial charge on any atom is 0.410 e. The van der Waals surface area contributed by atoms with Crippen molar-refractivity contribution in [1.29, 1.82) is 0 Å². The number of hydrogen-bond acceptors (Lipinski definition) is 5. The van der Waals surface area contributed by atoms with E-state index in [-0.39, 0.29) is 17.4 Å². The Balaban J connectivity index is 1.46. The molecule has 8 heteroatoms. The molecule has 2 fully saturated rings. The molecule has 32 heavy (non-hydrogen) atoms. The molecule has 1 saturated carbocycles. The molecule has 1 N–H and O–H groups in total. The molecular weight excluding hydrogens is 406 g/mol. The van der Waals surface area contributed by atoms with Gasteiger partial charge in [0.05, 0.1) is 11.8 Å². The number of hydrogen-bond donors (Lipinski definition) is 1.